The van der Waals surface area contributed by atoms with Gasteiger partial charge in [-0.2, -0.15) is 0 Å². The molecule has 0 aliphatic heterocycles. The van der Waals surface area contributed by atoms with Crippen LogP contribution in [0.4, 0.5) is 0 Å². The summed E-state index contributed by atoms with van der Waals surface area (Å²) in [5.74, 6) is 0.0522. The summed E-state index contributed by atoms with van der Waals surface area (Å²) >= 11 is 2.61. The second kappa shape index (κ2) is 5.77. The van der Waals surface area contributed by atoms with Gasteiger partial charge in [0, 0.05) is 6.42 Å². The van der Waals surface area contributed by atoms with E-state index >= 15 is 0 Å². The molecule has 2 aromatic heterocycles. The molecule has 0 aliphatic carbocycles. The molecular formula is C12H12O3S3. The largest absolute Gasteiger partial charge is 0.293 e. The molecule has 0 atom stereocenters. The van der Waals surface area contributed by atoms with Crippen LogP contribution in [-0.4, -0.2) is 20.0 Å². The average molecular weight is 300 g/mol. The van der Waals surface area contributed by atoms with Crippen molar-refractivity contribution in [2.75, 3.05) is 5.75 Å². The molecule has 0 amide bonds. The summed E-state index contributed by atoms with van der Waals surface area (Å²) in [6.45, 7) is 0. The Morgan fingerprint density at radius 1 is 1.11 bits per heavy atom. The highest BCUT2D eigenvalue weighted by Gasteiger charge is 2.16. The van der Waals surface area contributed by atoms with Gasteiger partial charge in [-0.25, -0.2) is 8.42 Å². The van der Waals surface area contributed by atoms with E-state index < -0.39 is 9.84 Å². The highest BCUT2D eigenvalue weighted by molar-refractivity contribution is 7.93. The highest BCUT2D eigenvalue weighted by Crippen LogP contribution is 2.19. The Morgan fingerprint density at radius 3 is 2.44 bits per heavy atom. The van der Waals surface area contributed by atoms with Gasteiger partial charge in [-0.15, -0.1) is 22.7 Å². The third kappa shape index (κ3) is 3.28. The monoisotopic (exact) mass is 300 g/mol. The van der Waals surface area contributed by atoms with Gasteiger partial charge in [0.15, 0.2) is 15.6 Å². The van der Waals surface area contributed by atoms with E-state index in [2.05, 4.69) is 0 Å². The molecule has 0 spiro atoms. The Hall–Kier alpha value is -0.980. The molecule has 96 valence electrons. The van der Waals surface area contributed by atoms with Crippen molar-refractivity contribution >= 4 is 38.3 Å². The van der Waals surface area contributed by atoms with Crippen molar-refractivity contribution in [1.29, 1.82) is 0 Å². The molecular weight excluding hydrogens is 288 g/mol. The first-order valence-electron chi connectivity index (χ1n) is 5.42. The maximum absolute atomic E-state index is 11.9. The van der Waals surface area contributed by atoms with Crippen molar-refractivity contribution in [2.45, 2.75) is 17.1 Å². The molecule has 18 heavy (non-hydrogen) atoms. The molecule has 2 aromatic rings. The zero-order valence-corrected chi connectivity index (χ0v) is 12.0. The molecule has 0 radical (unpaired) electrons. The summed E-state index contributed by atoms with van der Waals surface area (Å²) in [6.07, 6.45) is 0.655. The number of rotatable bonds is 6. The lowest BCUT2D eigenvalue weighted by Gasteiger charge is -2.00. The zero-order valence-electron chi connectivity index (χ0n) is 9.53. The first-order valence-corrected chi connectivity index (χ1v) is 8.84. The van der Waals surface area contributed by atoms with Crippen LogP contribution >= 0.6 is 22.7 Å². The molecule has 6 heteroatoms. The summed E-state index contributed by atoms with van der Waals surface area (Å²) in [4.78, 5) is 12.4. The third-order valence-electron chi connectivity index (χ3n) is 2.41. The van der Waals surface area contributed by atoms with Gasteiger partial charge in [-0.1, -0.05) is 12.1 Å². The summed E-state index contributed by atoms with van der Waals surface area (Å²) in [5.41, 5.74) is 0. The number of carbonyl (C=O) groups excluding carboxylic acids is 1. The van der Waals surface area contributed by atoms with Crippen LogP contribution in [0.5, 0.6) is 0 Å². The van der Waals surface area contributed by atoms with Crippen LogP contribution in [0.3, 0.4) is 0 Å². The van der Waals surface area contributed by atoms with Gasteiger partial charge < -0.3 is 0 Å². The molecule has 0 saturated heterocycles. The maximum Gasteiger partial charge on any atom is 0.187 e. The summed E-state index contributed by atoms with van der Waals surface area (Å²) in [6, 6.07) is 6.90. The van der Waals surface area contributed by atoms with Crippen molar-refractivity contribution in [3.63, 3.8) is 0 Å². The van der Waals surface area contributed by atoms with Crippen molar-refractivity contribution in [3.8, 4) is 0 Å². The van der Waals surface area contributed by atoms with Gasteiger partial charge in [0.2, 0.25) is 0 Å². The molecule has 2 heterocycles. The minimum absolute atomic E-state index is 0.0198. The number of carbonyl (C=O) groups is 1. The van der Waals surface area contributed by atoms with Gasteiger partial charge in [-0.3, -0.25) is 4.79 Å². The predicted octanol–water partition coefficient (Wildman–Crippen LogP) is 3.25. The van der Waals surface area contributed by atoms with E-state index in [1.165, 1.54) is 22.7 Å². The standard InChI is InChI=1S/C12H12O3S3/c13-10(11-5-1-7-16-11)4-3-9-18(14,15)12-6-2-8-17-12/h1-2,5-8H,3-4,9H2. The van der Waals surface area contributed by atoms with Crippen molar-refractivity contribution in [2.24, 2.45) is 0 Å². The fourth-order valence-electron chi connectivity index (χ4n) is 1.52. The van der Waals surface area contributed by atoms with Crippen LogP contribution in [-0.2, 0) is 9.84 Å². The summed E-state index contributed by atoms with van der Waals surface area (Å²) in [5, 5.41) is 3.58. The summed E-state index contributed by atoms with van der Waals surface area (Å²) < 4.78 is 24.1. The zero-order chi connectivity index (χ0) is 13.0. The van der Waals surface area contributed by atoms with E-state index in [4.69, 9.17) is 0 Å². The Balaban J connectivity index is 1.88. The van der Waals surface area contributed by atoms with Crippen LogP contribution in [0.2, 0.25) is 0 Å². The summed E-state index contributed by atoms with van der Waals surface area (Å²) in [7, 11) is -3.21. The van der Waals surface area contributed by atoms with Gasteiger partial charge in [0.1, 0.15) is 4.21 Å². The molecule has 2 rings (SSSR count). The SMILES string of the molecule is O=C(CCCS(=O)(=O)c1cccs1)c1cccs1. The van der Waals surface area contributed by atoms with Gasteiger partial charge >= 0.3 is 0 Å². The van der Waals surface area contributed by atoms with E-state index in [1.54, 1.807) is 23.6 Å². The molecule has 0 aromatic carbocycles. The number of sulfone groups is 1. The number of ketones is 1. The van der Waals surface area contributed by atoms with Gasteiger partial charge in [-0.05, 0) is 29.3 Å². The number of thiophene rings is 2. The van der Waals surface area contributed by atoms with E-state index in [-0.39, 0.29) is 18.0 Å². The second-order valence-corrected chi connectivity index (χ2v) is 7.99. The quantitative estimate of drug-likeness (QED) is 0.770. The van der Waals surface area contributed by atoms with E-state index in [1.807, 2.05) is 11.4 Å². The van der Waals surface area contributed by atoms with Gasteiger partial charge in [0.25, 0.3) is 0 Å². The average Bonchev–Trinajstić information content (AvgIpc) is 3.02. The third-order valence-corrected chi connectivity index (χ3v) is 6.61. The van der Waals surface area contributed by atoms with Crippen molar-refractivity contribution in [3.05, 3.63) is 39.9 Å². The van der Waals surface area contributed by atoms with Crippen molar-refractivity contribution in [1.82, 2.24) is 0 Å². The van der Waals surface area contributed by atoms with Crippen LogP contribution in [0.25, 0.3) is 0 Å². The fourth-order valence-corrected chi connectivity index (χ4v) is 4.68. The molecule has 0 N–H and O–H groups in total. The normalized spacial score (nSPS) is 11.6. The minimum atomic E-state index is -3.21. The van der Waals surface area contributed by atoms with Crippen LogP contribution in [0.15, 0.2) is 39.2 Å². The van der Waals surface area contributed by atoms with E-state index in [9.17, 15) is 13.2 Å². The smallest absolute Gasteiger partial charge is 0.187 e. The lowest BCUT2D eigenvalue weighted by atomic mass is 10.2. The number of hydrogen-bond donors (Lipinski definition) is 0. The topological polar surface area (TPSA) is 51.2 Å². The molecule has 0 fully saturated rings. The first kappa shape index (κ1) is 13.5. The predicted molar refractivity (Wildman–Crippen MR) is 74.3 cm³/mol. The molecule has 0 saturated carbocycles. The lowest BCUT2D eigenvalue weighted by molar-refractivity contribution is 0.0986. The number of hydrogen-bond acceptors (Lipinski definition) is 5. The Labute approximate surface area is 114 Å². The van der Waals surface area contributed by atoms with Gasteiger partial charge in [0.05, 0.1) is 10.6 Å². The Bertz CT molecular complexity index is 595. The highest BCUT2D eigenvalue weighted by atomic mass is 32.2. The molecule has 0 unspecified atom stereocenters. The maximum atomic E-state index is 11.9. The van der Waals surface area contributed by atoms with Crippen molar-refractivity contribution < 1.29 is 13.2 Å². The second-order valence-electron chi connectivity index (χ2n) is 3.75. The Morgan fingerprint density at radius 2 is 1.83 bits per heavy atom. The fraction of sp³-hybridized carbons (Fsp3) is 0.250. The molecule has 3 nitrogen and oxygen atoms in total. The minimum Gasteiger partial charge on any atom is -0.293 e. The van der Waals surface area contributed by atoms with Crippen LogP contribution in [0.1, 0.15) is 22.5 Å². The molecule has 0 aliphatic rings. The molecule has 0 bridgehead atoms. The lowest BCUT2D eigenvalue weighted by Crippen LogP contribution is -2.07. The van der Waals surface area contributed by atoms with Crippen LogP contribution in [0, 0.1) is 0 Å². The number of Topliss-reactive ketones (excluding diaryl/α,β-unsaturated/α-hetero) is 1. The van der Waals surface area contributed by atoms with Crippen LogP contribution < -0.4 is 0 Å². The Kier molecular flexibility index (Phi) is 4.31. The first-order chi connectivity index (χ1) is 8.59. The van der Waals surface area contributed by atoms with E-state index in [0.717, 1.165) is 0 Å². The van der Waals surface area contributed by atoms with E-state index in [0.29, 0.717) is 15.5 Å².